The lowest BCUT2D eigenvalue weighted by atomic mass is 10.1. The number of alkyl halides is 3. The number of carbonyl (C=O) groups excluding carboxylic acids is 2. The number of carbonyl (C=O) groups is 2. The quantitative estimate of drug-likeness (QED) is 0.658. The summed E-state index contributed by atoms with van der Waals surface area (Å²) in [5.74, 6) is -0.594. The highest BCUT2D eigenvalue weighted by Gasteiger charge is 2.32. The van der Waals surface area contributed by atoms with Gasteiger partial charge in [0.2, 0.25) is 0 Å². The third-order valence-electron chi connectivity index (χ3n) is 3.77. The lowest BCUT2D eigenvalue weighted by Gasteiger charge is -2.28. The summed E-state index contributed by atoms with van der Waals surface area (Å²) < 4.78 is 44.0. The molecule has 0 unspecified atom stereocenters. The van der Waals surface area contributed by atoms with Crippen LogP contribution in [0.5, 0.6) is 5.75 Å². The number of rotatable bonds is 4. The van der Waals surface area contributed by atoms with E-state index in [9.17, 15) is 22.8 Å². The van der Waals surface area contributed by atoms with Crippen LogP contribution in [-0.2, 0) is 15.8 Å². The second kappa shape index (κ2) is 7.48. The largest absolute Gasteiger partial charge is 0.482 e. The van der Waals surface area contributed by atoms with Gasteiger partial charge in [0, 0.05) is 5.56 Å². The van der Waals surface area contributed by atoms with Gasteiger partial charge in [0.15, 0.2) is 6.61 Å². The fourth-order valence-corrected chi connectivity index (χ4v) is 2.55. The average Bonchev–Trinajstić information content (AvgIpc) is 2.64. The molecule has 140 valence electrons. The van der Waals surface area contributed by atoms with Crippen molar-refractivity contribution in [2.75, 3.05) is 18.1 Å². The maximum atomic E-state index is 12.9. The smallest absolute Gasteiger partial charge is 0.417 e. The molecule has 0 fully saturated rings. The first-order chi connectivity index (χ1) is 12.9. The van der Waals surface area contributed by atoms with Gasteiger partial charge in [-0.05, 0) is 18.2 Å². The Morgan fingerprint density at radius 1 is 1.19 bits per heavy atom. The van der Waals surface area contributed by atoms with Crippen molar-refractivity contribution < 1.29 is 27.5 Å². The van der Waals surface area contributed by atoms with Crippen LogP contribution in [0.25, 0.3) is 0 Å². The zero-order valence-electron chi connectivity index (χ0n) is 13.9. The number of nitrogens with one attached hydrogen (secondary N) is 1. The van der Waals surface area contributed by atoms with Crippen LogP contribution in [0.15, 0.2) is 53.6 Å². The molecule has 9 heteroatoms. The van der Waals surface area contributed by atoms with Crippen molar-refractivity contribution >= 4 is 23.7 Å². The van der Waals surface area contributed by atoms with Crippen LogP contribution in [0.1, 0.15) is 11.1 Å². The van der Waals surface area contributed by atoms with Gasteiger partial charge >= 0.3 is 6.18 Å². The number of hydrazone groups is 1. The van der Waals surface area contributed by atoms with E-state index in [1.807, 2.05) is 0 Å². The number of amides is 2. The molecule has 0 aliphatic carbocycles. The Morgan fingerprint density at radius 3 is 2.67 bits per heavy atom. The van der Waals surface area contributed by atoms with Crippen molar-refractivity contribution in [1.29, 1.82) is 0 Å². The number of para-hydroxylation sites is 2. The van der Waals surface area contributed by atoms with E-state index in [0.29, 0.717) is 11.4 Å². The normalized spacial score (nSPS) is 14.0. The second-order valence-electron chi connectivity index (χ2n) is 5.61. The first-order valence-corrected chi connectivity index (χ1v) is 7.86. The van der Waals surface area contributed by atoms with Crippen LogP contribution in [0.4, 0.5) is 18.9 Å². The summed E-state index contributed by atoms with van der Waals surface area (Å²) in [6.45, 7) is -0.538. The van der Waals surface area contributed by atoms with E-state index in [1.165, 1.54) is 23.1 Å². The Morgan fingerprint density at radius 2 is 1.89 bits per heavy atom. The fraction of sp³-hybridized carbons (Fsp3) is 0.167. The van der Waals surface area contributed by atoms with Crippen molar-refractivity contribution in [1.82, 2.24) is 5.43 Å². The minimum Gasteiger partial charge on any atom is -0.482 e. The topological polar surface area (TPSA) is 71.0 Å². The Bertz CT molecular complexity index is 897. The van der Waals surface area contributed by atoms with Crippen LogP contribution < -0.4 is 15.1 Å². The molecule has 1 aliphatic rings. The molecule has 0 bridgehead atoms. The molecule has 2 amide bonds. The summed E-state index contributed by atoms with van der Waals surface area (Å²) in [5, 5.41) is 3.57. The lowest BCUT2D eigenvalue weighted by Crippen LogP contribution is -2.44. The SMILES string of the molecule is O=C(CN1C(=O)COc2ccccc21)N/N=C\c1ccccc1C(F)(F)F. The van der Waals surface area contributed by atoms with E-state index in [1.54, 1.807) is 24.3 Å². The van der Waals surface area contributed by atoms with E-state index in [-0.39, 0.29) is 18.7 Å². The number of halogens is 3. The van der Waals surface area contributed by atoms with Crippen molar-refractivity contribution in [2.24, 2.45) is 5.10 Å². The maximum Gasteiger partial charge on any atom is 0.417 e. The van der Waals surface area contributed by atoms with Gasteiger partial charge in [-0.15, -0.1) is 0 Å². The molecule has 1 aliphatic heterocycles. The third-order valence-corrected chi connectivity index (χ3v) is 3.77. The van der Waals surface area contributed by atoms with Crippen LogP contribution in [-0.4, -0.2) is 31.2 Å². The molecule has 2 aromatic rings. The van der Waals surface area contributed by atoms with Gasteiger partial charge in [0.05, 0.1) is 17.5 Å². The predicted molar refractivity (Wildman–Crippen MR) is 91.5 cm³/mol. The van der Waals surface area contributed by atoms with E-state index >= 15 is 0 Å². The molecule has 1 N–H and O–H groups in total. The molecule has 0 spiro atoms. The van der Waals surface area contributed by atoms with Gasteiger partial charge in [-0.3, -0.25) is 14.5 Å². The van der Waals surface area contributed by atoms with E-state index in [0.717, 1.165) is 12.3 Å². The standard InChI is InChI=1S/C18H14F3N3O3/c19-18(20,21)13-6-2-1-5-12(13)9-22-23-16(25)10-24-14-7-3-4-8-15(14)27-11-17(24)26/h1-9H,10-11H2,(H,23,25)/b22-9-. The van der Waals surface area contributed by atoms with Crippen LogP contribution in [0.3, 0.4) is 0 Å². The summed E-state index contributed by atoms with van der Waals surface area (Å²) in [6, 6.07) is 11.6. The molecular weight excluding hydrogens is 363 g/mol. The minimum atomic E-state index is -4.53. The first-order valence-electron chi connectivity index (χ1n) is 7.86. The molecule has 0 radical (unpaired) electrons. The zero-order valence-corrected chi connectivity index (χ0v) is 13.9. The van der Waals surface area contributed by atoms with Gasteiger partial charge in [-0.2, -0.15) is 18.3 Å². The van der Waals surface area contributed by atoms with Crippen molar-refractivity contribution in [3.63, 3.8) is 0 Å². The summed E-state index contributed by atoms with van der Waals surface area (Å²) in [4.78, 5) is 25.3. The second-order valence-corrected chi connectivity index (χ2v) is 5.61. The highest BCUT2D eigenvalue weighted by atomic mass is 19.4. The number of anilines is 1. The highest BCUT2D eigenvalue weighted by Crippen LogP contribution is 2.32. The van der Waals surface area contributed by atoms with Gasteiger partial charge < -0.3 is 4.74 Å². The number of nitrogens with zero attached hydrogens (tertiary/aromatic N) is 2. The molecule has 0 atom stereocenters. The fourth-order valence-electron chi connectivity index (χ4n) is 2.55. The van der Waals surface area contributed by atoms with Gasteiger partial charge in [-0.1, -0.05) is 30.3 Å². The van der Waals surface area contributed by atoms with Crippen molar-refractivity contribution in [2.45, 2.75) is 6.18 Å². The number of benzene rings is 2. The molecule has 0 saturated carbocycles. The summed E-state index contributed by atoms with van der Waals surface area (Å²) in [5.41, 5.74) is 1.53. The van der Waals surface area contributed by atoms with E-state index < -0.39 is 23.6 Å². The Kier molecular flexibility index (Phi) is 5.11. The van der Waals surface area contributed by atoms with Crippen molar-refractivity contribution in [3.8, 4) is 5.75 Å². The Hall–Kier alpha value is -3.36. The average molecular weight is 377 g/mol. The molecule has 6 nitrogen and oxygen atoms in total. The van der Waals surface area contributed by atoms with Gasteiger partial charge in [-0.25, -0.2) is 5.43 Å². The summed E-state index contributed by atoms with van der Waals surface area (Å²) in [6.07, 6.45) is -3.62. The molecular formula is C18H14F3N3O3. The van der Waals surface area contributed by atoms with Gasteiger partial charge in [0.1, 0.15) is 12.3 Å². The number of hydrogen-bond donors (Lipinski definition) is 1. The molecule has 1 heterocycles. The first kappa shape index (κ1) is 18.4. The molecule has 0 aromatic heterocycles. The Balaban J connectivity index is 1.68. The molecule has 0 saturated heterocycles. The minimum absolute atomic E-state index is 0.182. The molecule has 2 aromatic carbocycles. The molecule has 3 rings (SSSR count). The highest BCUT2D eigenvalue weighted by molar-refractivity contribution is 6.02. The lowest BCUT2D eigenvalue weighted by molar-refractivity contribution is -0.137. The van der Waals surface area contributed by atoms with E-state index in [2.05, 4.69) is 10.5 Å². The third kappa shape index (κ3) is 4.25. The van der Waals surface area contributed by atoms with E-state index in [4.69, 9.17) is 4.74 Å². The van der Waals surface area contributed by atoms with Crippen LogP contribution in [0, 0.1) is 0 Å². The predicted octanol–water partition coefficient (Wildman–Crippen LogP) is 2.58. The van der Waals surface area contributed by atoms with Crippen molar-refractivity contribution in [3.05, 3.63) is 59.7 Å². The number of hydrogen-bond acceptors (Lipinski definition) is 4. The monoisotopic (exact) mass is 377 g/mol. The summed E-state index contributed by atoms with van der Waals surface area (Å²) >= 11 is 0. The maximum absolute atomic E-state index is 12.9. The number of fused-ring (bicyclic) bond motifs is 1. The zero-order chi connectivity index (χ0) is 19.4. The number of ether oxygens (including phenoxy) is 1. The Labute approximate surface area is 152 Å². The summed E-state index contributed by atoms with van der Waals surface area (Å²) in [7, 11) is 0. The van der Waals surface area contributed by atoms with Gasteiger partial charge in [0.25, 0.3) is 11.8 Å². The van der Waals surface area contributed by atoms with Crippen LogP contribution in [0.2, 0.25) is 0 Å². The van der Waals surface area contributed by atoms with Crippen LogP contribution >= 0.6 is 0 Å². The molecule has 27 heavy (non-hydrogen) atoms.